The molecule has 2 N–H and O–H groups in total. The maximum Gasteiger partial charge on any atom is 0.136 e. The molecular formula is C10H13BrN2O. The summed E-state index contributed by atoms with van der Waals surface area (Å²) >= 11 is 3.13. The molecule has 0 unspecified atom stereocenters. The van der Waals surface area contributed by atoms with E-state index in [-0.39, 0.29) is 0 Å². The van der Waals surface area contributed by atoms with E-state index in [4.69, 9.17) is 10.3 Å². The van der Waals surface area contributed by atoms with Gasteiger partial charge in [-0.2, -0.15) is 0 Å². The average Bonchev–Trinajstić information content (AvgIpc) is 2.60. The predicted octanol–water partition coefficient (Wildman–Crippen LogP) is 2.53. The first-order valence-corrected chi connectivity index (χ1v) is 5.24. The van der Waals surface area contributed by atoms with Gasteiger partial charge < -0.3 is 10.3 Å². The molecule has 1 rings (SSSR count). The van der Waals surface area contributed by atoms with Crippen LogP contribution >= 0.6 is 15.9 Å². The molecule has 0 saturated carbocycles. The highest BCUT2D eigenvalue weighted by Gasteiger charge is 1.98. The van der Waals surface area contributed by atoms with Gasteiger partial charge in [0.05, 0.1) is 10.3 Å². The van der Waals surface area contributed by atoms with E-state index in [9.17, 15) is 0 Å². The lowest BCUT2D eigenvalue weighted by Crippen LogP contribution is -1.84. The van der Waals surface area contributed by atoms with Crippen LogP contribution in [0, 0.1) is 0 Å². The van der Waals surface area contributed by atoms with E-state index in [2.05, 4.69) is 21.1 Å². The van der Waals surface area contributed by atoms with Crippen LogP contribution < -0.4 is 5.73 Å². The molecule has 0 radical (unpaired) electrons. The lowest BCUT2D eigenvalue weighted by atomic mass is 10.2. The number of nitrogens with two attached hydrogens (primary N) is 1. The van der Waals surface area contributed by atoms with Crippen molar-refractivity contribution in [1.29, 1.82) is 0 Å². The van der Waals surface area contributed by atoms with Gasteiger partial charge in [-0.05, 0) is 22.0 Å². The third-order valence-electron chi connectivity index (χ3n) is 1.67. The molecule has 3 nitrogen and oxygen atoms in total. The Bertz CT molecular complexity index is 338. The lowest BCUT2D eigenvalue weighted by Gasteiger charge is -1.84. The number of hydrogen-bond donors (Lipinski definition) is 1. The summed E-state index contributed by atoms with van der Waals surface area (Å²) in [6.45, 7) is 2.04. The van der Waals surface area contributed by atoms with Gasteiger partial charge in [0.2, 0.25) is 0 Å². The van der Waals surface area contributed by atoms with Gasteiger partial charge >= 0.3 is 0 Å². The predicted molar refractivity (Wildman–Crippen MR) is 59.9 cm³/mol. The summed E-state index contributed by atoms with van der Waals surface area (Å²) in [6.07, 6.45) is 7.28. The third-order valence-corrected chi connectivity index (χ3v) is 1.94. The topological polar surface area (TPSA) is 52.0 Å². The van der Waals surface area contributed by atoms with Crippen LogP contribution in [0.5, 0.6) is 0 Å². The van der Waals surface area contributed by atoms with Crippen molar-refractivity contribution in [2.45, 2.75) is 19.8 Å². The summed E-state index contributed by atoms with van der Waals surface area (Å²) in [4.78, 5) is 0. The van der Waals surface area contributed by atoms with E-state index in [0.29, 0.717) is 4.61 Å². The second-order valence-corrected chi connectivity index (χ2v) is 3.74. The Morgan fingerprint density at radius 2 is 2.50 bits per heavy atom. The summed E-state index contributed by atoms with van der Waals surface area (Å²) < 4.78 is 5.67. The number of aryl methyl sites for hydroxylation is 1. The van der Waals surface area contributed by atoms with Gasteiger partial charge in [0.1, 0.15) is 5.76 Å². The Morgan fingerprint density at radius 1 is 1.71 bits per heavy atom. The van der Waals surface area contributed by atoms with Crippen molar-refractivity contribution < 1.29 is 4.52 Å². The Labute approximate surface area is 91.8 Å². The van der Waals surface area contributed by atoms with Crippen LogP contribution in [0.25, 0.3) is 0 Å². The smallest absolute Gasteiger partial charge is 0.136 e. The average molecular weight is 257 g/mol. The highest BCUT2D eigenvalue weighted by Crippen LogP contribution is 2.05. The molecule has 1 aromatic rings. The van der Waals surface area contributed by atoms with Crippen molar-refractivity contribution in [1.82, 2.24) is 5.16 Å². The minimum Gasteiger partial charge on any atom is -0.393 e. The molecule has 0 aliphatic carbocycles. The van der Waals surface area contributed by atoms with Crippen LogP contribution in [0.15, 0.2) is 33.4 Å². The Balaban J connectivity index is 2.45. The molecule has 0 saturated heterocycles. The van der Waals surface area contributed by atoms with Crippen molar-refractivity contribution in [2.24, 2.45) is 5.73 Å². The number of rotatable bonds is 4. The van der Waals surface area contributed by atoms with Crippen LogP contribution in [0.1, 0.15) is 18.4 Å². The molecule has 4 heteroatoms. The van der Waals surface area contributed by atoms with E-state index < -0.39 is 0 Å². The van der Waals surface area contributed by atoms with Crippen LogP contribution in [0.2, 0.25) is 0 Å². The summed E-state index contributed by atoms with van der Waals surface area (Å²) in [5.41, 5.74) is 6.33. The van der Waals surface area contributed by atoms with E-state index in [1.165, 1.54) is 0 Å². The number of hydrogen-bond acceptors (Lipinski definition) is 3. The minimum atomic E-state index is 0.614. The third kappa shape index (κ3) is 3.79. The van der Waals surface area contributed by atoms with E-state index >= 15 is 0 Å². The van der Waals surface area contributed by atoms with Gasteiger partial charge in [-0.15, -0.1) is 0 Å². The summed E-state index contributed by atoms with van der Waals surface area (Å²) in [6, 6.07) is 1.96. The maximum atomic E-state index is 5.39. The number of halogens is 1. The first-order valence-electron chi connectivity index (χ1n) is 4.44. The van der Waals surface area contributed by atoms with Gasteiger partial charge in [-0.3, -0.25) is 0 Å². The zero-order valence-electron chi connectivity index (χ0n) is 8.03. The molecular weight excluding hydrogens is 244 g/mol. The molecule has 0 bridgehead atoms. The number of allylic oxidation sites excluding steroid dienone is 3. The van der Waals surface area contributed by atoms with Gasteiger partial charge in [0.25, 0.3) is 0 Å². The Kier molecular flexibility index (Phi) is 4.46. The first kappa shape index (κ1) is 11.0. The molecule has 0 aliphatic heterocycles. The molecule has 76 valence electrons. The summed E-state index contributed by atoms with van der Waals surface area (Å²) in [7, 11) is 0. The molecule has 0 amide bonds. The second kappa shape index (κ2) is 5.65. The molecule has 0 fully saturated rings. The van der Waals surface area contributed by atoms with Crippen molar-refractivity contribution in [2.75, 3.05) is 0 Å². The fourth-order valence-electron chi connectivity index (χ4n) is 0.967. The van der Waals surface area contributed by atoms with E-state index in [1.807, 2.05) is 25.1 Å². The SMILES string of the molecule is CCc1cc(C/C=C\C=C(/N)Br)no1. The summed E-state index contributed by atoms with van der Waals surface area (Å²) in [5.74, 6) is 0.920. The standard InChI is InChI=1S/C10H13BrN2O/c1-2-9-7-8(13-14-9)5-3-4-6-10(11)12/h3-4,6-7H,2,5,12H2,1H3/b4-3-,10-6-. The Hall–Kier alpha value is -1.03. The van der Waals surface area contributed by atoms with Crippen LogP contribution in [0.3, 0.4) is 0 Å². The number of aromatic nitrogens is 1. The van der Waals surface area contributed by atoms with E-state index in [1.54, 1.807) is 6.08 Å². The molecule has 0 aliphatic rings. The van der Waals surface area contributed by atoms with Crippen molar-refractivity contribution in [3.63, 3.8) is 0 Å². The van der Waals surface area contributed by atoms with Crippen LogP contribution in [-0.2, 0) is 12.8 Å². The quantitative estimate of drug-likeness (QED) is 0.666. The van der Waals surface area contributed by atoms with Crippen molar-refractivity contribution in [3.8, 4) is 0 Å². The van der Waals surface area contributed by atoms with Gasteiger partial charge in [-0.25, -0.2) is 0 Å². The molecule has 0 atom stereocenters. The van der Waals surface area contributed by atoms with Gasteiger partial charge in [0.15, 0.2) is 0 Å². The van der Waals surface area contributed by atoms with Gasteiger partial charge in [0, 0.05) is 18.9 Å². The van der Waals surface area contributed by atoms with Crippen molar-refractivity contribution >= 4 is 15.9 Å². The Morgan fingerprint density at radius 3 is 3.07 bits per heavy atom. The molecule has 0 spiro atoms. The minimum absolute atomic E-state index is 0.614. The van der Waals surface area contributed by atoms with Crippen molar-refractivity contribution in [3.05, 3.63) is 40.4 Å². The maximum absolute atomic E-state index is 5.39. The van der Waals surface area contributed by atoms with Gasteiger partial charge in [-0.1, -0.05) is 24.2 Å². The summed E-state index contributed by atoms with van der Waals surface area (Å²) in [5, 5.41) is 3.91. The van der Waals surface area contributed by atoms with E-state index in [0.717, 1.165) is 24.3 Å². The lowest BCUT2D eigenvalue weighted by molar-refractivity contribution is 0.382. The second-order valence-electron chi connectivity index (χ2n) is 2.82. The van der Waals surface area contributed by atoms with Crippen LogP contribution in [-0.4, -0.2) is 5.16 Å². The molecule has 0 aromatic carbocycles. The molecule has 14 heavy (non-hydrogen) atoms. The monoisotopic (exact) mass is 256 g/mol. The fraction of sp³-hybridized carbons (Fsp3) is 0.300. The fourth-order valence-corrected chi connectivity index (χ4v) is 1.12. The largest absolute Gasteiger partial charge is 0.393 e. The molecule has 1 aromatic heterocycles. The zero-order valence-corrected chi connectivity index (χ0v) is 9.62. The highest BCUT2D eigenvalue weighted by molar-refractivity contribution is 9.11. The zero-order chi connectivity index (χ0) is 10.4. The first-order chi connectivity index (χ1) is 6.72. The normalized spacial score (nSPS) is 12.6. The number of nitrogens with zero attached hydrogens (tertiary/aromatic N) is 1. The van der Waals surface area contributed by atoms with Crippen LogP contribution in [0.4, 0.5) is 0 Å². The highest BCUT2D eigenvalue weighted by atomic mass is 79.9. The molecule has 1 heterocycles.